The first-order chi connectivity index (χ1) is 14.5. The molecule has 0 bridgehead atoms. The number of aromatic nitrogens is 3. The molecule has 0 radical (unpaired) electrons. The lowest BCUT2D eigenvalue weighted by atomic mass is 10.2. The Morgan fingerprint density at radius 2 is 1.70 bits per heavy atom. The van der Waals surface area contributed by atoms with Crippen molar-refractivity contribution in [2.75, 3.05) is 17.2 Å². The van der Waals surface area contributed by atoms with E-state index in [0.29, 0.717) is 35.1 Å². The molecule has 2 amide bonds. The fraction of sp³-hybridized carbons (Fsp3) is 0.238. The molecule has 3 rings (SSSR count). The Bertz CT molecular complexity index is 1070. The molecule has 0 atom stereocenters. The lowest BCUT2D eigenvalue weighted by Crippen LogP contribution is -2.15. The SMILES string of the molecule is CCOc1ccc(-c2n[nH]c(=S)n2CCC(=O)Nc2ccc(NC(C)=O)cc2)cc1. The van der Waals surface area contributed by atoms with Crippen LogP contribution in [-0.2, 0) is 16.1 Å². The summed E-state index contributed by atoms with van der Waals surface area (Å²) >= 11 is 5.32. The summed E-state index contributed by atoms with van der Waals surface area (Å²) in [6.45, 7) is 4.36. The Hall–Kier alpha value is -3.46. The predicted molar refractivity (Wildman–Crippen MR) is 118 cm³/mol. The number of anilines is 2. The van der Waals surface area contributed by atoms with Crippen LogP contribution in [0.2, 0.25) is 0 Å². The average molecular weight is 426 g/mol. The van der Waals surface area contributed by atoms with E-state index >= 15 is 0 Å². The van der Waals surface area contributed by atoms with Crippen molar-refractivity contribution in [2.45, 2.75) is 26.8 Å². The van der Waals surface area contributed by atoms with Gasteiger partial charge in [-0.25, -0.2) is 0 Å². The molecule has 0 aliphatic carbocycles. The van der Waals surface area contributed by atoms with E-state index in [1.54, 1.807) is 28.8 Å². The first-order valence-electron chi connectivity index (χ1n) is 9.52. The highest BCUT2D eigenvalue weighted by molar-refractivity contribution is 7.71. The number of benzene rings is 2. The predicted octanol–water partition coefficient (Wildman–Crippen LogP) is 3.99. The van der Waals surface area contributed by atoms with Crippen LogP contribution in [-0.4, -0.2) is 33.2 Å². The van der Waals surface area contributed by atoms with Gasteiger partial charge in [-0.05, 0) is 67.7 Å². The molecule has 0 saturated carbocycles. The Balaban J connectivity index is 1.63. The molecule has 9 heteroatoms. The van der Waals surface area contributed by atoms with E-state index in [1.165, 1.54) is 6.92 Å². The van der Waals surface area contributed by atoms with Crippen LogP contribution in [0.5, 0.6) is 5.75 Å². The van der Waals surface area contributed by atoms with E-state index in [0.717, 1.165) is 11.3 Å². The molecule has 0 spiro atoms. The van der Waals surface area contributed by atoms with Crippen molar-refractivity contribution in [1.29, 1.82) is 0 Å². The fourth-order valence-corrected chi connectivity index (χ4v) is 3.11. The van der Waals surface area contributed by atoms with Crippen molar-refractivity contribution in [3.63, 3.8) is 0 Å². The van der Waals surface area contributed by atoms with E-state index in [9.17, 15) is 9.59 Å². The smallest absolute Gasteiger partial charge is 0.226 e. The Kier molecular flexibility index (Phi) is 6.97. The van der Waals surface area contributed by atoms with Gasteiger partial charge in [0.1, 0.15) is 5.75 Å². The summed E-state index contributed by atoms with van der Waals surface area (Å²) < 4.78 is 7.71. The molecule has 2 aromatic carbocycles. The summed E-state index contributed by atoms with van der Waals surface area (Å²) in [6.07, 6.45) is 0.227. The molecule has 0 fully saturated rings. The maximum Gasteiger partial charge on any atom is 0.226 e. The number of aromatic amines is 1. The highest BCUT2D eigenvalue weighted by Gasteiger charge is 2.11. The zero-order chi connectivity index (χ0) is 21.5. The Morgan fingerprint density at radius 1 is 1.07 bits per heavy atom. The molecule has 0 unspecified atom stereocenters. The minimum atomic E-state index is -0.150. The van der Waals surface area contributed by atoms with Crippen molar-refractivity contribution in [2.24, 2.45) is 0 Å². The number of rotatable bonds is 8. The van der Waals surface area contributed by atoms with Gasteiger partial charge in [0.05, 0.1) is 6.61 Å². The van der Waals surface area contributed by atoms with Crippen LogP contribution in [0.1, 0.15) is 20.3 Å². The Morgan fingerprint density at radius 3 is 2.30 bits per heavy atom. The summed E-state index contributed by atoms with van der Waals surface area (Å²) in [5, 5.41) is 12.6. The maximum atomic E-state index is 12.4. The summed E-state index contributed by atoms with van der Waals surface area (Å²) in [5.74, 6) is 1.15. The minimum absolute atomic E-state index is 0.146. The second-order valence-electron chi connectivity index (χ2n) is 6.52. The van der Waals surface area contributed by atoms with Crippen LogP contribution in [0.4, 0.5) is 11.4 Å². The van der Waals surface area contributed by atoms with E-state index in [1.807, 2.05) is 31.2 Å². The lowest BCUT2D eigenvalue weighted by Gasteiger charge is -2.09. The molecular formula is C21H23N5O3S. The van der Waals surface area contributed by atoms with Gasteiger partial charge >= 0.3 is 0 Å². The number of carbonyl (C=O) groups excluding carboxylic acids is 2. The number of nitrogens with zero attached hydrogens (tertiary/aromatic N) is 2. The third kappa shape index (κ3) is 5.54. The van der Waals surface area contributed by atoms with Crippen molar-refractivity contribution in [3.05, 3.63) is 53.3 Å². The largest absolute Gasteiger partial charge is 0.494 e. The van der Waals surface area contributed by atoms with Crippen molar-refractivity contribution in [1.82, 2.24) is 14.8 Å². The first-order valence-corrected chi connectivity index (χ1v) is 9.93. The van der Waals surface area contributed by atoms with E-state index in [-0.39, 0.29) is 18.2 Å². The second-order valence-corrected chi connectivity index (χ2v) is 6.90. The van der Waals surface area contributed by atoms with Crippen LogP contribution in [0.25, 0.3) is 11.4 Å². The highest BCUT2D eigenvalue weighted by atomic mass is 32.1. The molecule has 30 heavy (non-hydrogen) atoms. The summed E-state index contributed by atoms with van der Waals surface area (Å²) in [7, 11) is 0. The zero-order valence-electron chi connectivity index (χ0n) is 16.8. The molecule has 8 nitrogen and oxygen atoms in total. The topological polar surface area (TPSA) is 101 Å². The van der Waals surface area contributed by atoms with Gasteiger partial charge < -0.3 is 15.4 Å². The molecule has 3 aromatic rings. The van der Waals surface area contributed by atoms with E-state index in [4.69, 9.17) is 17.0 Å². The molecule has 0 saturated heterocycles. The molecular weight excluding hydrogens is 402 g/mol. The first kappa shape index (κ1) is 21.3. The number of H-pyrrole nitrogens is 1. The quantitative estimate of drug-likeness (QED) is 0.474. The van der Waals surface area contributed by atoms with Gasteiger partial charge in [0.2, 0.25) is 11.8 Å². The molecule has 0 aliphatic heterocycles. The Labute approximate surface area is 179 Å². The summed E-state index contributed by atoms with van der Waals surface area (Å²) in [5.41, 5.74) is 2.20. The number of amides is 2. The van der Waals surface area contributed by atoms with Gasteiger partial charge in [0, 0.05) is 36.8 Å². The van der Waals surface area contributed by atoms with Crippen LogP contribution < -0.4 is 15.4 Å². The monoisotopic (exact) mass is 425 g/mol. The normalized spacial score (nSPS) is 10.5. The van der Waals surface area contributed by atoms with Crippen LogP contribution >= 0.6 is 12.2 Å². The van der Waals surface area contributed by atoms with Gasteiger partial charge in [0.15, 0.2) is 10.6 Å². The van der Waals surface area contributed by atoms with Gasteiger partial charge in [0.25, 0.3) is 0 Å². The second kappa shape index (κ2) is 9.84. The van der Waals surface area contributed by atoms with Gasteiger partial charge in [-0.3, -0.25) is 19.3 Å². The van der Waals surface area contributed by atoms with Gasteiger partial charge in [-0.15, -0.1) is 0 Å². The van der Waals surface area contributed by atoms with Crippen molar-refractivity contribution >= 4 is 35.4 Å². The zero-order valence-corrected chi connectivity index (χ0v) is 17.6. The van der Waals surface area contributed by atoms with Gasteiger partial charge in [-0.2, -0.15) is 5.10 Å². The third-order valence-corrected chi connectivity index (χ3v) is 4.54. The third-order valence-electron chi connectivity index (χ3n) is 4.23. The molecule has 1 aromatic heterocycles. The van der Waals surface area contributed by atoms with Crippen molar-refractivity contribution in [3.8, 4) is 17.1 Å². The summed E-state index contributed by atoms with van der Waals surface area (Å²) in [6, 6.07) is 14.5. The maximum absolute atomic E-state index is 12.4. The molecule has 156 valence electrons. The number of carbonyl (C=O) groups is 2. The van der Waals surface area contributed by atoms with E-state index < -0.39 is 0 Å². The number of hydrogen-bond donors (Lipinski definition) is 3. The van der Waals surface area contributed by atoms with Gasteiger partial charge in [-0.1, -0.05) is 0 Å². The number of hydrogen-bond acceptors (Lipinski definition) is 5. The van der Waals surface area contributed by atoms with Crippen LogP contribution in [0.15, 0.2) is 48.5 Å². The molecule has 1 heterocycles. The standard InChI is InChI=1S/C21H23N5O3S/c1-3-29-18-10-4-15(5-11-18)20-24-25-21(30)26(20)13-12-19(28)23-17-8-6-16(7-9-17)22-14(2)27/h4-11H,3,12-13H2,1-2H3,(H,22,27)(H,23,28)(H,25,30). The molecule has 3 N–H and O–H groups in total. The highest BCUT2D eigenvalue weighted by Crippen LogP contribution is 2.21. The van der Waals surface area contributed by atoms with E-state index in [2.05, 4.69) is 20.8 Å². The average Bonchev–Trinajstić information content (AvgIpc) is 3.09. The van der Waals surface area contributed by atoms with Crippen LogP contribution in [0, 0.1) is 4.77 Å². The summed E-state index contributed by atoms with van der Waals surface area (Å²) in [4.78, 5) is 23.4. The minimum Gasteiger partial charge on any atom is -0.494 e. The lowest BCUT2D eigenvalue weighted by molar-refractivity contribution is -0.116. The molecule has 0 aliphatic rings. The van der Waals surface area contributed by atoms with Crippen LogP contribution in [0.3, 0.4) is 0 Å². The fourth-order valence-electron chi connectivity index (χ4n) is 2.89. The number of nitrogens with one attached hydrogen (secondary N) is 3. The van der Waals surface area contributed by atoms with Crippen molar-refractivity contribution < 1.29 is 14.3 Å². The number of ether oxygens (including phenoxy) is 1.